The summed E-state index contributed by atoms with van der Waals surface area (Å²) < 4.78 is 6.06. The minimum absolute atomic E-state index is 0.251. The number of hydrogen-bond donors (Lipinski definition) is 2. The minimum atomic E-state index is -1.06. The second-order valence-corrected chi connectivity index (χ2v) is 6.51. The van der Waals surface area contributed by atoms with Gasteiger partial charge in [-0.2, -0.15) is 5.26 Å². The summed E-state index contributed by atoms with van der Waals surface area (Å²) in [7, 11) is 0. The SMILES string of the molecule is N#CC1(C(=O)Nc2ccc3sc(C(=O)O)cc3c2)CCOCC1. The molecular weight excluding hydrogens is 316 g/mol. The van der Waals surface area contributed by atoms with Gasteiger partial charge < -0.3 is 15.2 Å². The highest BCUT2D eigenvalue weighted by Gasteiger charge is 2.40. The van der Waals surface area contributed by atoms with Gasteiger partial charge in [-0.05, 0) is 42.5 Å². The molecule has 118 valence electrons. The van der Waals surface area contributed by atoms with Gasteiger partial charge in [-0.25, -0.2) is 4.79 Å². The molecule has 1 aliphatic rings. The number of amides is 1. The van der Waals surface area contributed by atoms with E-state index in [0.717, 1.165) is 10.1 Å². The number of hydrogen-bond acceptors (Lipinski definition) is 5. The molecule has 0 saturated carbocycles. The van der Waals surface area contributed by atoms with Crippen LogP contribution in [-0.4, -0.2) is 30.2 Å². The van der Waals surface area contributed by atoms with Crippen LogP contribution in [-0.2, 0) is 9.53 Å². The monoisotopic (exact) mass is 330 g/mol. The number of ether oxygens (including phenoxy) is 1. The Balaban J connectivity index is 1.84. The number of rotatable bonds is 3. The first-order valence-electron chi connectivity index (χ1n) is 7.11. The predicted octanol–water partition coefficient (Wildman–Crippen LogP) is 2.86. The average molecular weight is 330 g/mol. The maximum absolute atomic E-state index is 12.5. The molecule has 23 heavy (non-hydrogen) atoms. The summed E-state index contributed by atoms with van der Waals surface area (Å²) in [6.07, 6.45) is 0.748. The van der Waals surface area contributed by atoms with Crippen molar-refractivity contribution in [3.63, 3.8) is 0 Å². The molecule has 1 aromatic carbocycles. The maximum atomic E-state index is 12.5. The molecule has 1 aromatic heterocycles. The van der Waals surface area contributed by atoms with Gasteiger partial charge in [0.25, 0.3) is 0 Å². The summed E-state index contributed by atoms with van der Waals surface area (Å²) >= 11 is 1.18. The van der Waals surface area contributed by atoms with Crippen molar-refractivity contribution < 1.29 is 19.4 Å². The molecule has 1 aliphatic heterocycles. The maximum Gasteiger partial charge on any atom is 0.345 e. The van der Waals surface area contributed by atoms with E-state index in [2.05, 4.69) is 11.4 Å². The van der Waals surface area contributed by atoms with Crippen LogP contribution < -0.4 is 5.32 Å². The molecule has 3 rings (SSSR count). The molecule has 2 N–H and O–H groups in total. The fraction of sp³-hybridized carbons (Fsp3) is 0.312. The van der Waals surface area contributed by atoms with E-state index in [-0.39, 0.29) is 10.8 Å². The third kappa shape index (κ3) is 2.91. The average Bonchev–Trinajstić information content (AvgIpc) is 2.99. The van der Waals surface area contributed by atoms with Crippen molar-refractivity contribution in [1.29, 1.82) is 5.26 Å². The van der Waals surface area contributed by atoms with Crippen molar-refractivity contribution in [3.05, 3.63) is 29.1 Å². The molecule has 1 saturated heterocycles. The van der Waals surface area contributed by atoms with Gasteiger partial charge in [-0.15, -0.1) is 11.3 Å². The molecule has 2 heterocycles. The molecule has 1 amide bonds. The Morgan fingerprint density at radius 1 is 1.30 bits per heavy atom. The van der Waals surface area contributed by atoms with E-state index in [1.54, 1.807) is 24.3 Å². The van der Waals surface area contributed by atoms with Gasteiger partial charge in [0.05, 0.1) is 6.07 Å². The van der Waals surface area contributed by atoms with Gasteiger partial charge in [0.2, 0.25) is 5.91 Å². The third-order valence-electron chi connectivity index (χ3n) is 3.98. The first-order valence-corrected chi connectivity index (χ1v) is 7.93. The number of thiophene rings is 1. The number of carboxylic acid groups (broad SMARTS) is 1. The van der Waals surface area contributed by atoms with Crippen LogP contribution in [0.15, 0.2) is 24.3 Å². The standard InChI is InChI=1S/C16H14N2O4S/c17-9-16(3-5-22-6-4-16)15(21)18-11-1-2-12-10(7-11)8-13(23-12)14(19)20/h1-2,7-8H,3-6H2,(H,18,21)(H,19,20). The molecule has 2 aromatic rings. The lowest BCUT2D eigenvalue weighted by Gasteiger charge is -2.29. The normalized spacial score (nSPS) is 16.7. The smallest absolute Gasteiger partial charge is 0.345 e. The summed E-state index contributed by atoms with van der Waals surface area (Å²) in [6.45, 7) is 0.791. The van der Waals surface area contributed by atoms with Crippen LogP contribution in [0.3, 0.4) is 0 Å². The van der Waals surface area contributed by atoms with E-state index in [4.69, 9.17) is 9.84 Å². The van der Waals surface area contributed by atoms with Gasteiger partial charge in [-0.1, -0.05) is 0 Å². The molecule has 0 aliphatic carbocycles. The van der Waals surface area contributed by atoms with Crippen molar-refractivity contribution >= 4 is 39.0 Å². The van der Waals surface area contributed by atoms with Crippen molar-refractivity contribution in [1.82, 2.24) is 0 Å². The van der Waals surface area contributed by atoms with Crippen LogP contribution in [0.2, 0.25) is 0 Å². The molecule has 1 fully saturated rings. The number of nitrogens with zero attached hydrogens (tertiary/aromatic N) is 1. The van der Waals surface area contributed by atoms with E-state index in [0.29, 0.717) is 31.7 Å². The number of carbonyl (C=O) groups is 2. The van der Waals surface area contributed by atoms with Gasteiger partial charge in [0.1, 0.15) is 10.3 Å². The van der Waals surface area contributed by atoms with E-state index in [1.807, 2.05) is 0 Å². The Labute approximate surface area is 136 Å². The first kappa shape index (κ1) is 15.5. The molecule has 0 bridgehead atoms. The molecule has 7 heteroatoms. The Hall–Kier alpha value is -2.43. The Kier molecular flexibility index (Phi) is 4.03. The quantitative estimate of drug-likeness (QED) is 0.901. The Bertz CT molecular complexity index is 815. The summed E-state index contributed by atoms with van der Waals surface area (Å²) in [6, 6.07) is 8.91. The number of fused-ring (bicyclic) bond motifs is 1. The van der Waals surface area contributed by atoms with E-state index in [1.165, 1.54) is 11.3 Å². The van der Waals surface area contributed by atoms with Gasteiger partial charge in [0.15, 0.2) is 0 Å². The van der Waals surface area contributed by atoms with Crippen molar-refractivity contribution in [3.8, 4) is 6.07 Å². The zero-order valence-electron chi connectivity index (χ0n) is 12.2. The van der Waals surface area contributed by atoms with E-state index in [9.17, 15) is 14.9 Å². The fourth-order valence-corrected chi connectivity index (χ4v) is 3.47. The number of aromatic carboxylic acids is 1. The van der Waals surface area contributed by atoms with Crippen LogP contribution in [0.25, 0.3) is 10.1 Å². The molecular formula is C16H14N2O4S. The third-order valence-corrected chi connectivity index (χ3v) is 5.08. The summed E-state index contributed by atoms with van der Waals surface area (Å²) in [4.78, 5) is 23.8. The molecule has 0 atom stereocenters. The fourth-order valence-electron chi connectivity index (χ4n) is 2.59. The lowest BCUT2D eigenvalue weighted by atomic mass is 9.81. The van der Waals surface area contributed by atoms with Crippen molar-refractivity contribution in [2.24, 2.45) is 5.41 Å². The lowest BCUT2D eigenvalue weighted by Crippen LogP contribution is -2.39. The van der Waals surface area contributed by atoms with Crippen LogP contribution >= 0.6 is 11.3 Å². The number of anilines is 1. The second-order valence-electron chi connectivity index (χ2n) is 5.43. The van der Waals surface area contributed by atoms with Gasteiger partial charge in [0, 0.05) is 23.6 Å². The minimum Gasteiger partial charge on any atom is -0.477 e. The highest BCUT2D eigenvalue weighted by molar-refractivity contribution is 7.20. The van der Waals surface area contributed by atoms with Gasteiger partial charge in [-0.3, -0.25) is 4.79 Å². The van der Waals surface area contributed by atoms with E-state index < -0.39 is 11.4 Å². The topological polar surface area (TPSA) is 99.4 Å². The van der Waals surface area contributed by atoms with Crippen LogP contribution in [0.4, 0.5) is 5.69 Å². The zero-order valence-corrected chi connectivity index (χ0v) is 13.0. The predicted molar refractivity (Wildman–Crippen MR) is 85.5 cm³/mol. The number of carbonyl (C=O) groups excluding carboxylic acids is 1. The summed E-state index contributed by atoms with van der Waals surface area (Å²) in [5.74, 6) is -1.31. The molecule has 0 unspecified atom stereocenters. The van der Waals surface area contributed by atoms with Crippen molar-refractivity contribution in [2.45, 2.75) is 12.8 Å². The first-order chi connectivity index (χ1) is 11.0. The largest absolute Gasteiger partial charge is 0.477 e. The summed E-state index contributed by atoms with van der Waals surface area (Å²) in [5, 5.41) is 22.0. The van der Waals surface area contributed by atoms with Gasteiger partial charge >= 0.3 is 5.97 Å². The zero-order chi connectivity index (χ0) is 16.4. The molecule has 6 nitrogen and oxygen atoms in total. The highest BCUT2D eigenvalue weighted by atomic mass is 32.1. The van der Waals surface area contributed by atoms with E-state index >= 15 is 0 Å². The number of nitriles is 1. The molecule has 0 radical (unpaired) electrons. The lowest BCUT2D eigenvalue weighted by molar-refractivity contribution is -0.126. The summed E-state index contributed by atoms with van der Waals surface area (Å²) in [5.41, 5.74) is -0.507. The van der Waals surface area contributed by atoms with Crippen LogP contribution in [0.1, 0.15) is 22.5 Å². The number of carboxylic acids is 1. The van der Waals surface area contributed by atoms with Crippen LogP contribution in [0, 0.1) is 16.7 Å². The van der Waals surface area contributed by atoms with Crippen molar-refractivity contribution in [2.75, 3.05) is 18.5 Å². The Morgan fingerprint density at radius 2 is 2.04 bits per heavy atom. The number of benzene rings is 1. The van der Waals surface area contributed by atoms with Crippen LogP contribution in [0.5, 0.6) is 0 Å². The Morgan fingerprint density at radius 3 is 2.70 bits per heavy atom. The number of nitrogens with one attached hydrogen (secondary N) is 1. The highest BCUT2D eigenvalue weighted by Crippen LogP contribution is 2.33. The molecule has 0 spiro atoms. The second kappa shape index (κ2) is 5.99.